The normalized spacial score (nSPS) is 12.5. The molecule has 0 saturated carbocycles. The van der Waals surface area contributed by atoms with E-state index in [1.807, 2.05) is 29.8 Å². The van der Waals surface area contributed by atoms with Crippen molar-refractivity contribution in [2.75, 3.05) is 7.05 Å². The average molecular weight is 322 g/mol. The highest BCUT2D eigenvalue weighted by Gasteiger charge is 2.28. The maximum atomic E-state index is 13.1. The Hall–Kier alpha value is -2.69. The summed E-state index contributed by atoms with van der Waals surface area (Å²) in [4.78, 5) is 23.4. The van der Waals surface area contributed by atoms with Crippen LogP contribution in [0.3, 0.4) is 0 Å². The third-order valence-corrected chi connectivity index (χ3v) is 4.39. The number of hydrogen-bond acceptors (Lipinski definition) is 3. The molecule has 1 aromatic carbocycles. The minimum atomic E-state index is -0.117. The first-order chi connectivity index (χ1) is 11.5. The minimum absolute atomic E-state index is 0.0179. The van der Waals surface area contributed by atoms with Gasteiger partial charge in [0, 0.05) is 31.8 Å². The molecule has 0 fully saturated rings. The monoisotopic (exact) mass is 322 g/mol. The molecule has 2 aromatic heterocycles. The maximum absolute atomic E-state index is 13.1. The van der Waals surface area contributed by atoms with Crippen LogP contribution >= 0.6 is 0 Å². The number of aryl methyl sites for hydroxylation is 1. The van der Waals surface area contributed by atoms with Crippen molar-refractivity contribution in [3.8, 4) is 0 Å². The third-order valence-electron chi connectivity index (χ3n) is 4.39. The first-order valence-electron chi connectivity index (χ1n) is 8.11. The molecule has 0 aliphatic heterocycles. The van der Waals surface area contributed by atoms with Crippen molar-refractivity contribution in [3.05, 3.63) is 65.9 Å². The van der Waals surface area contributed by atoms with E-state index in [9.17, 15) is 4.79 Å². The molecule has 0 radical (unpaired) electrons. The predicted molar refractivity (Wildman–Crippen MR) is 93.8 cm³/mol. The summed E-state index contributed by atoms with van der Waals surface area (Å²) in [5.74, 6) is 0.160. The van der Waals surface area contributed by atoms with Gasteiger partial charge in [-0.05, 0) is 24.0 Å². The van der Waals surface area contributed by atoms with Crippen molar-refractivity contribution in [2.24, 2.45) is 5.92 Å². The van der Waals surface area contributed by atoms with Crippen molar-refractivity contribution < 1.29 is 4.79 Å². The van der Waals surface area contributed by atoms with Gasteiger partial charge in [-0.2, -0.15) is 0 Å². The second-order valence-electron chi connectivity index (χ2n) is 6.40. The number of fused-ring (bicyclic) bond motifs is 1. The summed E-state index contributed by atoms with van der Waals surface area (Å²) in [7, 11) is 1.84. The van der Waals surface area contributed by atoms with Gasteiger partial charge in [0.05, 0.1) is 6.04 Å². The van der Waals surface area contributed by atoms with Crippen LogP contribution in [0.5, 0.6) is 0 Å². The zero-order valence-electron chi connectivity index (χ0n) is 14.5. The van der Waals surface area contributed by atoms with Crippen molar-refractivity contribution in [1.29, 1.82) is 0 Å². The van der Waals surface area contributed by atoms with E-state index in [2.05, 4.69) is 42.9 Å². The summed E-state index contributed by atoms with van der Waals surface area (Å²) in [6, 6.07) is 8.19. The first kappa shape index (κ1) is 16.2. The lowest BCUT2D eigenvalue weighted by atomic mass is 9.91. The van der Waals surface area contributed by atoms with Gasteiger partial charge >= 0.3 is 0 Å². The summed E-state index contributed by atoms with van der Waals surface area (Å²) >= 11 is 0. The Morgan fingerprint density at radius 2 is 1.79 bits per heavy atom. The van der Waals surface area contributed by atoms with Gasteiger partial charge in [-0.25, -0.2) is 9.97 Å². The summed E-state index contributed by atoms with van der Waals surface area (Å²) in [5.41, 5.74) is 3.31. The van der Waals surface area contributed by atoms with E-state index in [4.69, 9.17) is 0 Å². The molecular formula is C19H22N4O. The van der Waals surface area contributed by atoms with Crippen LogP contribution in [0.1, 0.15) is 41.5 Å². The summed E-state index contributed by atoms with van der Waals surface area (Å²) in [6.45, 7) is 6.34. The second kappa shape index (κ2) is 6.43. The lowest BCUT2D eigenvalue weighted by molar-refractivity contribution is 0.0682. The van der Waals surface area contributed by atoms with Gasteiger partial charge in [-0.1, -0.05) is 38.1 Å². The lowest BCUT2D eigenvalue weighted by Crippen LogP contribution is -2.35. The van der Waals surface area contributed by atoms with Gasteiger partial charge < -0.3 is 9.30 Å². The number of benzene rings is 1. The fourth-order valence-corrected chi connectivity index (χ4v) is 3.23. The van der Waals surface area contributed by atoms with Crippen molar-refractivity contribution in [1.82, 2.24) is 19.3 Å². The molecule has 124 valence electrons. The predicted octanol–water partition coefficient (Wildman–Crippen LogP) is 3.51. The van der Waals surface area contributed by atoms with Gasteiger partial charge in [0.2, 0.25) is 0 Å². The van der Waals surface area contributed by atoms with Gasteiger partial charge in [0.15, 0.2) is 11.3 Å². The van der Waals surface area contributed by atoms with Gasteiger partial charge in [-0.15, -0.1) is 0 Å². The highest BCUT2D eigenvalue weighted by atomic mass is 16.2. The van der Waals surface area contributed by atoms with Crippen LogP contribution in [0.15, 0.2) is 49.1 Å². The van der Waals surface area contributed by atoms with E-state index < -0.39 is 0 Å². The minimum Gasteiger partial charge on any atom is -0.333 e. The largest absolute Gasteiger partial charge is 0.333 e. The fourth-order valence-electron chi connectivity index (χ4n) is 3.23. The highest BCUT2D eigenvalue weighted by molar-refractivity contribution is 5.97. The van der Waals surface area contributed by atoms with Crippen LogP contribution in [0.4, 0.5) is 0 Å². The number of amides is 1. The SMILES string of the molecule is Cc1ccccc1[C@@H](C(C)C)N(C)C(=O)c1nccn2ccnc12. The molecule has 2 heterocycles. The summed E-state index contributed by atoms with van der Waals surface area (Å²) in [5, 5.41) is 0. The molecule has 0 saturated heterocycles. The zero-order valence-corrected chi connectivity index (χ0v) is 14.5. The van der Waals surface area contributed by atoms with E-state index in [1.165, 1.54) is 11.1 Å². The van der Waals surface area contributed by atoms with Crippen LogP contribution < -0.4 is 0 Å². The van der Waals surface area contributed by atoms with E-state index >= 15 is 0 Å². The smallest absolute Gasteiger partial charge is 0.276 e. The number of carbonyl (C=O) groups excluding carboxylic acids is 1. The van der Waals surface area contributed by atoms with Crippen LogP contribution in [0, 0.1) is 12.8 Å². The Balaban J connectivity index is 2.02. The van der Waals surface area contributed by atoms with E-state index in [-0.39, 0.29) is 17.9 Å². The molecule has 0 aliphatic carbocycles. The third kappa shape index (κ3) is 2.77. The van der Waals surface area contributed by atoms with Gasteiger partial charge in [0.1, 0.15) is 0 Å². The molecule has 3 aromatic rings. The molecule has 1 amide bonds. The van der Waals surface area contributed by atoms with Crippen LogP contribution in [-0.2, 0) is 0 Å². The highest BCUT2D eigenvalue weighted by Crippen LogP contribution is 2.30. The van der Waals surface area contributed by atoms with E-state index in [0.717, 1.165) is 0 Å². The molecule has 1 atom stereocenters. The quantitative estimate of drug-likeness (QED) is 0.738. The Morgan fingerprint density at radius 3 is 2.46 bits per heavy atom. The average Bonchev–Trinajstić information content (AvgIpc) is 3.04. The Morgan fingerprint density at radius 1 is 1.12 bits per heavy atom. The second-order valence-corrected chi connectivity index (χ2v) is 6.40. The number of rotatable bonds is 4. The molecule has 3 rings (SSSR count). The summed E-state index contributed by atoms with van der Waals surface area (Å²) in [6.07, 6.45) is 6.92. The van der Waals surface area contributed by atoms with Gasteiger partial charge in [0.25, 0.3) is 5.91 Å². The van der Waals surface area contributed by atoms with Crippen LogP contribution in [0.25, 0.3) is 5.65 Å². The summed E-state index contributed by atoms with van der Waals surface area (Å²) < 4.78 is 1.81. The number of aromatic nitrogens is 3. The molecule has 0 bridgehead atoms. The molecular weight excluding hydrogens is 300 g/mol. The topological polar surface area (TPSA) is 50.5 Å². The number of carbonyl (C=O) groups is 1. The first-order valence-corrected chi connectivity index (χ1v) is 8.11. The molecule has 24 heavy (non-hydrogen) atoms. The fraction of sp³-hybridized carbons (Fsp3) is 0.316. The number of hydrogen-bond donors (Lipinski definition) is 0. The zero-order chi connectivity index (χ0) is 17.3. The molecule has 5 nitrogen and oxygen atoms in total. The standard InChI is InChI=1S/C19H22N4O/c1-13(2)17(15-8-6-5-7-14(15)3)22(4)19(24)16-18-21-10-12-23(18)11-9-20-16/h5-13,17H,1-4H3/t17-/m1/s1. The Bertz CT molecular complexity index is 868. The molecule has 0 N–H and O–H groups in total. The maximum Gasteiger partial charge on any atom is 0.276 e. The van der Waals surface area contributed by atoms with Crippen molar-refractivity contribution in [3.63, 3.8) is 0 Å². The molecule has 5 heteroatoms. The van der Waals surface area contributed by atoms with Gasteiger partial charge in [-0.3, -0.25) is 4.79 Å². The van der Waals surface area contributed by atoms with Crippen LogP contribution in [-0.4, -0.2) is 32.2 Å². The molecule has 0 aliphatic rings. The number of imidazole rings is 1. The molecule has 0 spiro atoms. The van der Waals surface area contributed by atoms with Crippen molar-refractivity contribution in [2.45, 2.75) is 26.8 Å². The van der Waals surface area contributed by atoms with E-state index in [1.54, 1.807) is 23.5 Å². The van der Waals surface area contributed by atoms with E-state index in [0.29, 0.717) is 11.3 Å². The molecule has 0 unspecified atom stereocenters. The lowest BCUT2D eigenvalue weighted by Gasteiger charge is -2.32. The Labute approximate surface area is 142 Å². The van der Waals surface area contributed by atoms with Crippen molar-refractivity contribution >= 4 is 11.6 Å². The van der Waals surface area contributed by atoms with Crippen LogP contribution in [0.2, 0.25) is 0 Å². The number of nitrogens with zero attached hydrogens (tertiary/aromatic N) is 4. The Kier molecular flexibility index (Phi) is 4.34.